The van der Waals surface area contributed by atoms with E-state index in [4.69, 9.17) is 4.74 Å². The van der Waals surface area contributed by atoms with Gasteiger partial charge >= 0.3 is 0 Å². The van der Waals surface area contributed by atoms with Gasteiger partial charge < -0.3 is 15.2 Å². The van der Waals surface area contributed by atoms with Gasteiger partial charge in [0.05, 0.1) is 17.6 Å². The maximum atomic E-state index is 12.0. The first kappa shape index (κ1) is 15.4. The van der Waals surface area contributed by atoms with Gasteiger partial charge in [-0.2, -0.15) is 0 Å². The summed E-state index contributed by atoms with van der Waals surface area (Å²) in [5.41, 5.74) is 1.21. The number of carbonyl (C=O) groups is 1. The Hall–Kier alpha value is -3.48. The number of anilines is 1. The fraction of sp³-hybridized carbons (Fsp3) is 0.0588. The number of rotatable bonds is 5. The molecule has 0 aliphatic rings. The van der Waals surface area contributed by atoms with E-state index in [1.165, 1.54) is 18.5 Å². The molecule has 7 heteroatoms. The van der Waals surface area contributed by atoms with E-state index in [2.05, 4.69) is 20.3 Å². The molecule has 3 aromatic rings. The molecule has 0 bridgehead atoms. The summed E-state index contributed by atoms with van der Waals surface area (Å²) >= 11 is 0. The lowest BCUT2D eigenvalue weighted by molar-refractivity contribution is 0.101. The number of pyridine rings is 3. The lowest BCUT2D eigenvalue weighted by Gasteiger charge is -2.07. The van der Waals surface area contributed by atoms with Crippen molar-refractivity contribution in [1.29, 1.82) is 0 Å². The fourth-order valence-corrected chi connectivity index (χ4v) is 1.93. The first-order valence-electron chi connectivity index (χ1n) is 7.16. The average molecular weight is 322 g/mol. The van der Waals surface area contributed by atoms with Gasteiger partial charge in [0, 0.05) is 18.5 Å². The average Bonchev–Trinajstić information content (AvgIpc) is 2.62. The van der Waals surface area contributed by atoms with Crippen LogP contribution in [0, 0.1) is 0 Å². The molecule has 0 saturated heterocycles. The number of ether oxygens (including phenoxy) is 1. The smallest absolute Gasteiger partial charge is 0.278 e. The van der Waals surface area contributed by atoms with Crippen molar-refractivity contribution in [2.45, 2.75) is 6.61 Å². The molecule has 0 radical (unpaired) electrons. The molecule has 0 fully saturated rings. The summed E-state index contributed by atoms with van der Waals surface area (Å²) in [6, 6.07) is 11.8. The van der Waals surface area contributed by atoms with E-state index < -0.39 is 5.91 Å². The Balaban J connectivity index is 1.60. The lowest BCUT2D eigenvalue weighted by atomic mass is 10.3. The van der Waals surface area contributed by atoms with Crippen molar-refractivity contribution in [1.82, 2.24) is 15.0 Å². The number of nitrogens with zero attached hydrogens (tertiary/aromatic N) is 3. The number of aromatic nitrogens is 3. The molecule has 24 heavy (non-hydrogen) atoms. The van der Waals surface area contributed by atoms with Crippen LogP contribution < -0.4 is 10.1 Å². The molecule has 1 amide bonds. The van der Waals surface area contributed by atoms with Crippen LogP contribution in [-0.2, 0) is 6.61 Å². The van der Waals surface area contributed by atoms with Gasteiger partial charge in [0.2, 0.25) is 5.88 Å². The quantitative estimate of drug-likeness (QED) is 0.748. The normalized spacial score (nSPS) is 10.2. The van der Waals surface area contributed by atoms with Gasteiger partial charge in [-0.15, -0.1) is 0 Å². The maximum absolute atomic E-state index is 12.0. The minimum Gasteiger partial charge on any atom is -0.505 e. The van der Waals surface area contributed by atoms with Crippen LogP contribution in [0.25, 0.3) is 0 Å². The maximum Gasteiger partial charge on any atom is 0.278 e. The van der Waals surface area contributed by atoms with Crippen LogP contribution in [0.3, 0.4) is 0 Å². The molecule has 7 nitrogen and oxygen atoms in total. The van der Waals surface area contributed by atoms with Crippen molar-refractivity contribution in [3.8, 4) is 11.6 Å². The highest BCUT2D eigenvalue weighted by atomic mass is 16.5. The molecule has 2 N–H and O–H groups in total. The van der Waals surface area contributed by atoms with E-state index in [0.717, 1.165) is 5.69 Å². The standard InChI is InChI=1S/C17H14N4O3/c22-14-5-3-9-19-16(14)17(23)21-12-6-7-15(20-10-12)24-11-13-4-1-2-8-18-13/h1-10,22H,11H2,(H,21,23). The van der Waals surface area contributed by atoms with Gasteiger partial charge in [-0.25, -0.2) is 9.97 Å². The largest absolute Gasteiger partial charge is 0.505 e. The SMILES string of the molecule is O=C(Nc1ccc(OCc2ccccn2)nc1)c1ncccc1O. The van der Waals surface area contributed by atoms with Crippen molar-refractivity contribution in [3.63, 3.8) is 0 Å². The summed E-state index contributed by atoms with van der Waals surface area (Å²) in [7, 11) is 0. The second-order valence-corrected chi connectivity index (χ2v) is 4.82. The molecule has 0 aromatic carbocycles. The topological polar surface area (TPSA) is 97.2 Å². The minimum atomic E-state index is -0.517. The number of hydrogen-bond acceptors (Lipinski definition) is 6. The molecule has 0 unspecified atom stereocenters. The Morgan fingerprint density at radius 3 is 2.62 bits per heavy atom. The second-order valence-electron chi connectivity index (χ2n) is 4.82. The summed E-state index contributed by atoms with van der Waals surface area (Å²) in [6.07, 6.45) is 4.59. The van der Waals surface area contributed by atoms with Gasteiger partial charge in [0.25, 0.3) is 5.91 Å². The molecule has 0 atom stereocenters. The van der Waals surface area contributed by atoms with Crippen LogP contribution in [0.2, 0.25) is 0 Å². The van der Waals surface area contributed by atoms with Crippen LogP contribution in [0.15, 0.2) is 61.1 Å². The van der Waals surface area contributed by atoms with Gasteiger partial charge in [-0.05, 0) is 30.3 Å². The zero-order chi connectivity index (χ0) is 16.8. The predicted octanol–water partition coefficient (Wildman–Crippen LogP) is 2.41. The molecule has 0 aliphatic carbocycles. The fourth-order valence-electron chi connectivity index (χ4n) is 1.93. The van der Waals surface area contributed by atoms with E-state index in [0.29, 0.717) is 18.2 Å². The lowest BCUT2D eigenvalue weighted by Crippen LogP contribution is -2.13. The number of hydrogen-bond donors (Lipinski definition) is 2. The Morgan fingerprint density at radius 1 is 1.04 bits per heavy atom. The molecule has 3 aromatic heterocycles. The third kappa shape index (κ3) is 3.83. The van der Waals surface area contributed by atoms with Gasteiger partial charge in [0.1, 0.15) is 12.4 Å². The summed E-state index contributed by atoms with van der Waals surface area (Å²) < 4.78 is 5.52. The van der Waals surface area contributed by atoms with Crippen molar-refractivity contribution in [2.75, 3.05) is 5.32 Å². The zero-order valence-electron chi connectivity index (χ0n) is 12.6. The highest BCUT2D eigenvalue weighted by Gasteiger charge is 2.12. The summed E-state index contributed by atoms with van der Waals surface area (Å²) in [5, 5.41) is 12.2. The predicted molar refractivity (Wildman–Crippen MR) is 86.7 cm³/mol. The Labute approximate surface area is 138 Å². The van der Waals surface area contributed by atoms with E-state index in [-0.39, 0.29) is 11.4 Å². The minimum absolute atomic E-state index is 0.0482. The second kappa shape index (κ2) is 7.19. The van der Waals surface area contributed by atoms with E-state index in [1.54, 1.807) is 24.4 Å². The molecular weight excluding hydrogens is 308 g/mol. The molecule has 0 saturated carbocycles. The van der Waals surface area contributed by atoms with Crippen molar-refractivity contribution in [2.24, 2.45) is 0 Å². The van der Waals surface area contributed by atoms with Crippen LogP contribution in [0.5, 0.6) is 11.6 Å². The highest BCUT2D eigenvalue weighted by Crippen LogP contribution is 2.17. The summed E-state index contributed by atoms with van der Waals surface area (Å²) in [5.74, 6) is -0.283. The number of nitrogens with one attached hydrogen (secondary N) is 1. The Morgan fingerprint density at radius 2 is 1.92 bits per heavy atom. The van der Waals surface area contributed by atoms with E-state index >= 15 is 0 Å². The highest BCUT2D eigenvalue weighted by molar-refractivity contribution is 6.04. The first-order valence-corrected chi connectivity index (χ1v) is 7.16. The third-order valence-corrected chi connectivity index (χ3v) is 3.09. The number of aromatic hydroxyl groups is 1. The van der Waals surface area contributed by atoms with Crippen molar-refractivity contribution in [3.05, 3.63) is 72.4 Å². The number of amides is 1. The first-order chi connectivity index (χ1) is 11.7. The van der Waals surface area contributed by atoms with Gasteiger partial charge in [-0.3, -0.25) is 9.78 Å². The molecule has 3 heterocycles. The molecule has 120 valence electrons. The van der Waals surface area contributed by atoms with Crippen LogP contribution in [0.1, 0.15) is 16.2 Å². The molecule has 0 spiro atoms. The van der Waals surface area contributed by atoms with Crippen LogP contribution in [-0.4, -0.2) is 26.0 Å². The summed E-state index contributed by atoms with van der Waals surface area (Å²) in [6.45, 7) is 0.307. The monoisotopic (exact) mass is 322 g/mol. The third-order valence-electron chi connectivity index (χ3n) is 3.09. The van der Waals surface area contributed by atoms with Crippen LogP contribution in [0.4, 0.5) is 5.69 Å². The van der Waals surface area contributed by atoms with Gasteiger partial charge in [0.15, 0.2) is 5.69 Å². The van der Waals surface area contributed by atoms with E-state index in [1.807, 2.05) is 18.2 Å². The zero-order valence-corrected chi connectivity index (χ0v) is 12.6. The Kier molecular flexibility index (Phi) is 4.62. The van der Waals surface area contributed by atoms with E-state index in [9.17, 15) is 9.90 Å². The Bertz CT molecular complexity index is 823. The summed E-state index contributed by atoms with van der Waals surface area (Å²) in [4.78, 5) is 24.1. The van der Waals surface area contributed by atoms with Crippen molar-refractivity contribution >= 4 is 11.6 Å². The molecule has 0 aliphatic heterocycles. The van der Waals surface area contributed by atoms with Crippen LogP contribution >= 0.6 is 0 Å². The van der Waals surface area contributed by atoms with Gasteiger partial charge in [-0.1, -0.05) is 6.07 Å². The van der Waals surface area contributed by atoms with Crippen molar-refractivity contribution < 1.29 is 14.6 Å². The number of carbonyl (C=O) groups excluding carboxylic acids is 1. The molecule has 3 rings (SSSR count). The molecular formula is C17H14N4O3.